The summed E-state index contributed by atoms with van der Waals surface area (Å²) in [6.07, 6.45) is 2.51. The summed E-state index contributed by atoms with van der Waals surface area (Å²) in [5.74, 6) is 0.833. The largest absolute Gasteiger partial charge is 0.378 e. The van der Waals surface area contributed by atoms with Crippen LogP contribution in [0, 0.1) is 11.8 Å². The average molecular weight is 258 g/mol. The maximum Gasteiger partial charge on any atom is 0.162 e. The van der Waals surface area contributed by atoms with E-state index in [1.165, 1.54) is 0 Å². The topological polar surface area (TPSA) is 36.9 Å². The molecule has 5 unspecified atom stereocenters. The number of rotatable bonds is 6. The molecule has 0 amide bonds. The Morgan fingerprint density at radius 2 is 1.89 bits per heavy atom. The average Bonchev–Trinajstić information content (AvgIpc) is 2.96. The molecule has 106 valence electrons. The fourth-order valence-corrected chi connectivity index (χ4v) is 3.19. The maximum absolute atomic E-state index is 5.95. The lowest BCUT2D eigenvalue weighted by Gasteiger charge is -2.30. The predicted octanol–water partition coefficient (Wildman–Crippen LogP) is 2.22. The molecule has 0 bridgehead atoms. The summed E-state index contributed by atoms with van der Waals surface area (Å²) in [7, 11) is 0. The summed E-state index contributed by atoms with van der Waals surface area (Å²) >= 11 is 0. The van der Waals surface area contributed by atoms with Crippen LogP contribution in [0.3, 0.4) is 0 Å². The van der Waals surface area contributed by atoms with Gasteiger partial charge in [-0.05, 0) is 33.6 Å². The zero-order chi connectivity index (χ0) is 13.0. The van der Waals surface area contributed by atoms with Gasteiger partial charge in [-0.1, -0.05) is 0 Å². The SMILES string of the molecule is CCOC(C)C1CCOC1C1CCOC1OCC. The van der Waals surface area contributed by atoms with Crippen molar-refractivity contribution in [2.24, 2.45) is 11.8 Å². The van der Waals surface area contributed by atoms with Gasteiger partial charge in [-0.15, -0.1) is 0 Å². The highest BCUT2D eigenvalue weighted by molar-refractivity contribution is 4.89. The summed E-state index contributed by atoms with van der Waals surface area (Å²) in [6, 6.07) is 0. The third-order valence-electron chi connectivity index (χ3n) is 4.05. The summed E-state index contributed by atoms with van der Waals surface area (Å²) < 4.78 is 23.0. The van der Waals surface area contributed by atoms with E-state index in [0.717, 1.165) is 32.7 Å². The normalized spacial score (nSPS) is 38.2. The first-order valence-electron chi connectivity index (χ1n) is 7.24. The molecule has 18 heavy (non-hydrogen) atoms. The zero-order valence-corrected chi connectivity index (χ0v) is 11.8. The lowest BCUT2D eigenvalue weighted by Crippen LogP contribution is -2.38. The van der Waals surface area contributed by atoms with E-state index in [4.69, 9.17) is 18.9 Å². The molecule has 2 aliphatic heterocycles. The molecular formula is C14H26O4. The van der Waals surface area contributed by atoms with Crippen LogP contribution >= 0.6 is 0 Å². The lowest BCUT2D eigenvalue weighted by atomic mass is 9.86. The standard InChI is InChI=1S/C14H26O4/c1-4-15-10(3)11-6-8-17-13(11)12-7-9-18-14(12)16-5-2/h10-14H,4-9H2,1-3H3. The maximum atomic E-state index is 5.95. The Labute approximate surface area is 110 Å². The molecule has 0 radical (unpaired) electrons. The molecule has 0 aliphatic carbocycles. The molecule has 4 nitrogen and oxygen atoms in total. The summed E-state index contributed by atoms with van der Waals surface area (Å²) in [6.45, 7) is 9.28. The van der Waals surface area contributed by atoms with Gasteiger partial charge in [0.1, 0.15) is 0 Å². The molecule has 0 aromatic rings. The number of ether oxygens (including phenoxy) is 4. The molecule has 0 spiro atoms. The fourth-order valence-electron chi connectivity index (χ4n) is 3.19. The Morgan fingerprint density at radius 3 is 2.61 bits per heavy atom. The molecule has 4 heteroatoms. The molecular weight excluding hydrogens is 232 g/mol. The Balaban J connectivity index is 1.97. The van der Waals surface area contributed by atoms with E-state index in [0.29, 0.717) is 18.4 Å². The van der Waals surface area contributed by atoms with Crippen molar-refractivity contribution in [3.05, 3.63) is 0 Å². The summed E-state index contributed by atoms with van der Waals surface area (Å²) in [4.78, 5) is 0. The molecule has 0 aromatic heterocycles. The zero-order valence-electron chi connectivity index (χ0n) is 11.8. The second-order valence-corrected chi connectivity index (χ2v) is 5.10. The van der Waals surface area contributed by atoms with Gasteiger partial charge >= 0.3 is 0 Å². The first-order valence-corrected chi connectivity index (χ1v) is 7.24. The van der Waals surface area contributed by atoms with E-state index in [2.05, 4.69) is 6.92 Å². The van der Waals surface area contributed by atoms with Gasteiger partial charge in [-0.3, -0.25) is 0 Å². The van der Waals surface area contributed by atoms with Gasteiger partial charge in [0.15, 0.2) is 6.29 Å². The van der Waals surface area contributed by atoms with E-state index in [-0.39, 0.29) is 18.5 Å². The third-order valence-corrected chi connectivity index (χ3v) is 4.05. The Morgan fingerprint density at radius 1 is 1.11 bits per heavy atom. The second-order valence-electron chi connectivity index (χ2n) is 5.10. The highest BCUT2D eigenvalue weighted by Gasteiger charge is 2.44. The molecule has 2 heterocycles. The molecule has 0 saturated carbocycles. The van der Waals surface area contributed by atoms with Crippen molar-refractivity contribution in [2.75, 3.05) is 26.4 Å². The van der Waals surface area contributed by atoms with Crippen molar-refractivity contribution in [2.45, 2.75) is 52.1 Å². The number of hydrogen-bond donors (Lipinski definition) is 0. The van der Waals surface area contributed by atoms with Crippen LogP contribution in [-0.4, -0.2) is 44.9 Å². The molecule has 2 fully saturated rings. The van der Waals surface area contributed by atoms with Crippen LogP contribution in [0.4, 0.5) is 0 Å². The van der Waals surface area contributed by atoms with Gasteiger partial charge in [0.25, 0.3) is 0 Å². The highest BCUT2D eigenvalue weighted by atomic mass is 16.7. The predicted molar refractivity (Wildman–Crippen MR) is 68.4 cm³/mol. The first-order chi connectivity index (χ1) is 8.77. The van der Waals surface area contributed by atoms with Crippen LogP contribution in [0.25, 0.3) is 0 Å². The number of hydrogen-bond acceptors (Lipinski definition) is 4. The molecule has 5 atom stereocenters. The first kappa shape index (κ1) is 14.3. The molecule has 0 N–H and O–H groups in total. The van der Waals surface area contributed by atoms with Gasteiger partial charge in [-0.2, -0.15) is 0 Å². The van der Waals surface area contributed by atoms with Crippen molar-refractivity contribution < 1.29 is 18.9 Å². The van der Waals surface area contributed by atoms with Gasteiger partial charge in [0.2, 0.25) is 0 Å². The molecule has 2 saturated heterocycles. The van der Waals surface area contributed by atoms with Gasteiger partial charge < -0.3 is 18.9 Å². The van der Waals surface area contributed by atoms with E-state index < -0.39 is 0 Å². The third kappa shape index (κ3) is 3.05. The van der Waals surface area contributed by atoms with Crippen LogP contribution in [0.5, 0.6) is 0 Å². The van der Waals surface area contributed by atoms with Crippen LogP contribution < -0.4 is 0 Å². The van der Waals surface area contributed by atoms with Crippen molar-refractivity contribution in [1.82, 2.24) is 0 Å². The summed E-state index contributed by atoms with van der Waals surface area (Å²) in [5, 5.41) is 0. The minimum absolute atomic E-state index is 0.0885. The second kappa shape index (κ2) is 6.85. The minimum Gasteiger partial charge on any atom is -0.378 e. The quantitative estimate of drug-likeness (QED) is 0.732. The van der Waals surface area contributed by atoms with E-state index in [1.54, 1.807) is 0 Å². The fraction of sp³-hybridized carbons (Fsp3) is 1.00. The van der Waals surface area contributed by atoms with Crippen LogP contribution in [-0.2, 0) is 18.9 Å². The van der Waals surface area contributed by atoms with E-state index in [9.17, 15) is 0 Å². The van der Waals surface area contributed by atoms with Crippen LogP contribution in [0.1, 0.15) is 33.6 Å². The van der Waals surface area contributed by atoms with Crippen LogP contribution in [0.2, 0.25) is 0 Å². The molecule has 0 aromatic carbocycles. The minimum atomic E-state index is -0.0885. The van der Waals surface area contributed by atoms with Crippen molar-refractivity contribution >= 4 is 0 Å². The highest BCUT2D eigenvalue weighted by Crippen LogP contribution is 2.37. The van der Waals surface area contributed by atoms with Gasteiger partial charge in [0.05, 0.1) is 18.8 Å². The summed E-state index contributed by atoms with van der Waals surface area (Å²) in [5.41, 5.74) is 0. The Kier molecular flexibility index (Phi) is 5.42. The van der Waals surface area contributed by atoms with Crippen molar-refractivity contribution in [3.8, 4) is 0 Å². The van der Waals surface area contributed by atoms with Crippen molar-refractivity contribution in [3.63, 3.8) is 0 Å². The van der Waals surface area contributed by atoms with E-state index in [1.807, 2.05) is 13.8 Å². The molecule has 2 rings (SSSR count). The van der Waals surface area contributed by atoms with Crippen LogP contribution in [0.15, 0.2) is 0 Å². The Bertz CT molecular complexity index is 246. The lowest BCUT2D eigenvalue weighted by molar-refractivity contribution is -0.154. The van der Waals surface area contributed by atoms with Gasteiger partial charge in [0, 0.05) is 31.7 Å². The van der Waals surface area contributed by atoms with Gasteiger partial charge in [-0.25, -0.2) is 0 Å². The monoisotopic (exact) mass is 258 g/mol. The van der Waals surface area contributed by atoms with Crippen molar-refractivity contribution in [1.29, 1.82) is 0 Å². The van der Waals surface area contributed by atoms with E-state index >= 15 is 0 Å². The Hall–Kier alpha value is -0.160. The molecule has 2 aliphatic rings. The smallest absolute Gasteiger partial charge is 0.162 e.